The van der Waals surface area contributed by atoms with Crippen molar-refractivity contribution < 1.29 is 9.18 Å². The van der Waals surface area contributed by atoms with Crippen LogP contribution in [0.3, 0.4) is 0 Å². The molecule has 1 fully saturated rings. The second-order valence-corrected chi connectivity index (χ2v) is 4.87. The highest BCUT2D eigenvalue weighted by atomic mass is 19.1. The number of rotatable bonds is 4. The molecule has 7 heteroatoms. The van der Waals surface area contributed by atoms with E-state index in [0.717, 1.165) is 5.56 Å². The molecule has 1 aromatic rings. The molecule has 0 bridgehead atoms. The number of nitrogens with zero attached hydrogens (tertiary/aromatic N) is 2. The number of carbonyl (C=O) groups is 1. The molecule has 0 spiro atoms. The van der Waals surface area contributed by atoms with Gasteiger partial charge in [0.05, 0.1) is 0 Å². The van der Waals surface area contributed by atoms with Crippen molar-refractivity contribution in [1.29, 1.82) is 0 Å². The van der Waals surface area contributed by atoms with Crippen molar-refractivity contribution in [1.82, 2.24) is 21.2 Å². The highest BCUT2D eigenvalue weighted by Gasteiger charge is 2.29. The molecule has 6 nitrogen and oxygen atoms in total. The predicted molar refractivity (Wildman–Crippen MR) is 74.1 cm³/mol. The Morgan fingerprint density at radius 1 is 1.40 bits per heavy atom. The van der Waals surface area contributed by atoms with Gasteiger partial charge in [-0.3, -0.25) is 4.79 Å². The van der Waals surface area contributed by atoms with Crippen LogP contribution in [0.2, 0.25) is 0 Å². The van der Waals surface area contributed by atoms with Gasteiger partial charge in [-0.1, -0.05) is 12.1 Å². The van der Waals surface area contributed by atoms with Gasteiger partial charge < -0.3 is 4.90 Å². The lowest BCUT2D eigenvalue weighted by molar-refractivity contribution is -0.122. The Morgan fingerprint density at radius 2 is 2.10 bits per heavy atom. The quantitative estimate of drug-likeness (QED) is 0.423. The van der Waals surface area contributed by atoms with Crippen molar-refractivity contribution in [2.45, 2.75) is 18.5 Å². The molecule has 3 N–H and O–H groups in total. The van der Waals surface area contributed by atoms with Gasteiger partial charge in [-0.25, -0.2) is 20.7 Å². The maximum atomic E-state index is 12.9. The van der Waals surface area contributed by atoms with Gasteiger partial charge in [-0.05, 0) is 24.1 Å². The Kier molecular flexibility index (Phi) is 4.65. The topological polar surface area (TPSA) is 68.8 Å². The summed E-state index contributed by atoms with van der Waals surface area (Å²) in [4.78, 5) is 13.6. The molecule has 2 unspecified atom stereocenters. The average Bonchev–Trinajstić information content (AvgIpc) is 2.88. The first-order valence-electron chi connectivity index (χ1n) is 6.32. The van der Waals surface area contributed by atoms with Crippen LogP contribution in [-0.2, 0) is 4.79 Å². The fourth-order valence-electron chi connectivity index (χ4n) is 1.93. The zero-order valence-electron chi connectivity index (χ0n) is 11.4. The number of hydrogen-bond acceptors (Lipinski definition) is 4. The van der Waals surface area contributed by atoms with E-state index in [1.807, 2.05) is 14.1 Å². The predicted octanol–water partition coefficient (Wildman–Crippen LogP) is 0.354. The van der Waals surface area contributed by atoms with E-state index in [1.165, 1.54) is 18.5 Å². The summed E-state index contributed by atoms with van der Waals surface area (Å²) in [6.07, 6.45) is 2.09. The molecule has 1 amide bonds. The highest BCUT2D eigenvalue weighted by molar-refractivity contribution is 5.82. The van der Waals surface area contributed by atoms with Gasteiger partial charge in [0.25, 0.3) is 5.91 Å². The van der Waals surface area contributed by atoms with Crippen LogP contribution in [0.5, 0.6) is 0 Å². The zero-order valence-corrected chi connectivity index (χ0v) is 11.4. The third-order valence-electron chi connectivity index (χ3n) is 2.96. The fraction of sp³-hybridized carbons (Fsp3) is 0.385. The zero-order chi connectivity index (χ0) is 14.5. The largest absolute Gasteiger partial charge is 0.367 e. The third-order valence-corrected chi connectivity index (χ3v) is 2.96. The van der Waals surface area contributed by atoms with Crippen LogP contribution in [0.15, 0.2) is 29.4 Å². The maximum absolute atomic E-state index is 12.9. The van der Waals surface area contributed by atoms with Crippen molar-refractivity contribution in [3.63, 3.8) is 0 Å². The summed E-state index contributed by atoms with van der Waals surface area (Å²) in [7, 11) is 3.63. The van der Waals surface area contributed by atoms with Crippen LogP contribution < -0.4 is 16.3 Å². The molecule has 1 saturated heterocycles. The van der Waals surface area contributed by atoms with E-state index >= 15 is 0 Å². The van der Waals surface area contributed by atoms with E-state index in [1.54, 1.807) is 17.0 Å². The molecule has 108 valence electrons. The van der Waals surface area contributed by atoms with Crippen molar-refractivity contribution in [3.8, 4) is 0 Å². The molecule has 2 rings (SSSR count). The van der Waals surface area contributed by atoms with E-state index in [2.05, 4.69) is 21.4 Å². The van der Waals surface area contributed by atoms with Crippen LogP contribution in [0.1, 0.15) is 18.0 Å². The van der Waals surface area contributed by atoms with Gasteiger partial charge in [0.2, 0.25) is 0 Å². The molecule has 1 aliphatic rings. The lowest BCUT2D eigenvalue weighted by atomic mass is 10.0. The monoisotopic (exact) mass is 279 g/mol. The first-order valence-corrected chi connectivity index (χ1v) is 6.32. The van der Waals surface area contributed by atoms with E-state index in [0.29, 0.717) is 6.42 Å². The number of benzene rings is 1. The summed E-state index contributed by atoms with van der Waals surface area (Å²) >= 11 is 0. The summed E-state index contributed by atoms with van der Waals surface area (Å²) in [5.41, 5.74) is 9.34. The van der Waals surface area contributed by atoms with Gasteiger partial charge in [-0.2, -0.15) is 5.10 Å². The summed E-state index contributed by atoms with van der Waals surface area (Å²) in [6, 6.07) is 5.84. The van der Waals surface area contributed by atoms with Crippen LogP contribution >= 0.6 is 0 Å². The molecule has 1 aromatic carbocycles. The lowest BCUT2D eigenvalue weighted by Crippen LogP contribution is -2.41. The van der Waals surface area contributed by atoms with E-state index < -0.39 is 0 Å². The molecule has 1 heterocycles. The fourth-order valence-corrected chi connectivity index (χ4v) is 1.93. The minimum absolute atomic E-state index is 0.0239. The second-order valence-electron chi connectivity index (χ2n) is 4.87. The third kappa shape index (κ3) is 3.75. The smallest absolute Gasteiger partial charge is 0.258 e. The molecule has 20 heavy (non-hydrogen) atoms. The Labute approximate surface area is 117 Å². The summed E-state index contributed by atoms with van der Waals surface area (Å²) in [5.74, 6) is -0.479. The van der Waals surface area contributed by atoms with Gasteiger partial charge in [0, 0.05) is 20.1 Å². The molecular weight excluding hydrogens is 261 g/mol. The average molecular weight is 279 g/mol. The number of halogens is 1. The maximum Gasteiger partial charge on any atom is 0.258 e. The van der Waals surface area contributed by atoms with E-state index in [4.69, 9.17) is 0 Å². The molecule has 0 aromatic heterocycles. The van der Waals surface area contributed by atoms with Gasteiger partial charge in [-0.15, -0.1) is 0 Å². The minimum Gasteiger partial charge on any atom is -0.367 e. The Hall–Kier alpha value is -1.99. The van der Waals surface area contributed by atoms with Gasteiger partial charge in [0.1, 0.15) is 18.2 Å². The number of amides is 1. The van der Waals surface area contributed by atoms with Crippen molar-refractivity contribution in [2.75, 3.05) is 14.1 Å². The van der Waals surface area contributed by atoms with Crippen molar-refractivity contribution >= 4 is 12.2 Å². The summed E-state index contributed by atoms with van der Waals surface area (Å²) in [5, 5.41) is 3.81. The Bertz CT molecular complexity index is 488. The first kappa shape index (κ1) is 14.4. The Balaban J connectivity index is 1.88. The molecule has 1 aliphatic heterocycles. The summed E-state index contributed by atoms with van der Waals surface area (Å²) < 4.78 is 12.9. The second kappa shape index (κ2) is 6.44. The van der Waals surface area contributed by atoms with Crippen molar-refractivity contribution in [3.05, 3.63) is 35.6 Å². The Morgan fingerprint density at radius 3 is 2.75 bits per heavy atom. The molecule has 2 atom stereocenters. The van der Waals surface area contributed by atoms with Crippen LogP contribution in [-0.4, -0.2) is 37.3 Å². The van der Waals surface area contributed by atoms with E-state index in [-0.39, 0.29) is 23.8 Å². The number of hydrogen-bond donors (Lipinski definition) is 3. The lowest BCUT2D eigenvalue weighted by Gasteiger charge is -2.09. The molecule has 0 radical (unpaired) electrons. The standard InChI is InChI=1S/C13H18FN5O/c1-19(2)8-15-18-13(20)12-7-11(16-17-12)9-3-5-10(14)6-4-9/h3-6,8,11-12,16-17H,7H2,1-2H3,(H,18,20)/b15-8+. The van der Waals surface area contributed by atoms with Crippen LogP contribution in [0, 0.1) is 5.82 Å². The van der Waals surface area contributed by atoms with Crippen LogP contribution in [0.25, 0.3) is 0 Å². The minimum atomic E-state index is -0.371. The summed E-state index contributed by atoms with van der Waals surface area (Å²) in [6.45, 7) is 0. The van der Waals surface area contributed by atoms with Crippen molar-refractivity contribution in [2.24, 2.45) is 5.10 Å². The number of carbonyl (C=O) groups excluding carboxylic acids is 1. The SMILES string of the molecule is CN(C)/C=N/NC(=O)C1CC(c2ccc(F)cc2)NN1. The number of hydrazone groups is 1. The van der Waals surface area contributed by atoms with Gasteiger partial charge in [0.15, 0.2) is 0 Å². The molecular formula is C13H18FN5O. The molecule has 0 saturated carbocycles. The first-order chi connectivity index (χ1) is 9.56. The number of nitrogens with one attached hydrogen (secondary N) is 3. The van der Waals surface area contributed by atoms with Crippen LogP contribution in [0.4, 0.5) is 4.39 Å². The molecule has 0 aliphatic carbocycles. The highest BCUT2D eigenvalue weighted by Crippen LogP contribution is 2.22. The number of hydrazine groups is 1. The van der Waals surface area contributed by atoms with Gasteiger partial charge >= 0.3 is 0 Å². The van der Waals surface area contributed by atoms with E-state index in [9.17, 15) is 9.18 Å². The normalized spacial score (nSPS) is 22.1.